The molecule has 31 heavy (non-hydrogen) atoms. The van der Waals surface area contributed by atoms with Crippen LogP contribution in [0.2, 0.25) is 5.02 Å². The van der Waals surface area contributed by atoms with Crippen molar-refractivity contribution >= 4 is 11.6 Å². The van der Waals surface area contributed by atoms with Gasteiger partial charge in [-0.05, 0) is 24.3 Å². The van der Waals surface area contributed by atoms with E-state index in [1.165, 1.54) is 24.3 Å². The normalized spacial score (nSPS) is 43.6. The standard InChI is InChI=1S/C18H25ClO12/c19-7-1-3-8(4-2-7)29-18(16(27)14(25)12(23)10(6-21)30-18)31-17-15(26)13(24)11(22)9(5-20)28-17/h1-4,9-17,20-27H,5-6H2/t9-,10-,11-,12-,13+,14+,15-,16-,17+,18+/m1/s1. The third kappa shape index (κ3) is 4.80. The van der Waals surface area contributed by atoms with Gasteiger partial charge in [0.1, 0.15) is 48.5 Å². The van der Waals surface area contributed by atoms with Crippen LogP contribution >= 0.6 is 11.6 Å². The molecule has 2 aliphatic heterocycles. The summed E-state index contributed by atoms with van der Waals surface area (Å²) in [7, 11) is 0. The van der Waals surface area contributed by atoms with Gasteiger partial charge in [-0.25, -0.2) is 0 Å². The second-order valence-electron chi connectivity index (χ2n) is 7.24. The first-order chi connectivity index (χ1) is 14.6. The lowest BCUT2D eigenvalue weighted by molar-refractivity contribution is -0.478. The molecule has 0 aliphatic carbocycles. The van der Waals surface area contributed by atoms with Gasteiger partial charge in [-0.1, -0.05) is 11.6 Å². The Balaban J connectivity index is 1.96. The number of rotatable bonds is 6. The number of aliphatic hydroxyl groups is 8. The van der Waals surface area contributed by atoms with Gasteiger partial charge in [-0.2, -0.15) is 0 Å². The van der Waals surface area contributed by atoms with Crippen LogP contribution in [0.1, 0.15) is 0 Å². The van der Waals surface area contributed by atoms with E-state index in [1.54, 1.807) is 0 Å². The Morgan fingerprint density at radius 3 is 1.97 bits per heavy atom. The first kappa shape index (κ1) is 24.5. The molecule has 0 unspecified atom stereocenters. The number of hydrogen-bond acceptors (Lipinski definition) is 12. The molecule has 0 bridgehead atoms. The molecule has 2 heterocycles. The van der Waals surface area contributed by atoms with Crippen LogP contribution < -0.4 is 4.74 Å². The van der Waals surface area contributed by atoms with Crippen molar-refractivity contribution in [3.8, 4) is 5.75 Å². The molecule has 2 saturated heterocycles. The summed E-state index contributed by atoms with van der Waals surface area (Å²) in [6.07, 6.45) is -15.8. The van der Waals surface area contributed by atoms with Crippen LogP contribution in [-0.4, -0.2) is 115 Å². The Kier molecular flexibility index (Phi) is 7.74. The van der Waals surface area contributed by atoms with Crippen molar-refractivity contribution in [2.45, 2.75) is 61.1 Å². The average Bonchev–Trinajstić information content (AvgIpc) is 2.76. The molecule has 10 atom stereocenters. The van der Waals surface area contributed by atoms with Crippen molar-refractivity contribution in [2.24, 2.45) is 0 Å². The monoisotopic (exact) mass is 468 g/mol. The van der Waals surface area contributed by atoms with Gasteiger partial charge in [0.2, 0.25) is 0 Å². The van der Waals surface area contributed by atoms with Crippen LogP contribution in [-0.2, 0) is 14.2 Å². The molecule has 0 saturated carbocycles. The Morgan fingerprint density at radius 2 is 1.39 bits per heavy atom. The zero-order chi connectivity index (χ0) is 22.9. The molecule has 13 heteroatoms. The highest BCUT2D eigenvalue weighted by Gasteiger charge is 2.60. The van der Waals surface area contributed by atoms with E-state index in [0.29, 0.717) is 5.02 Å². The van der Waals surface area contributed by atoms with Gasteiger partial charge in [0, 0.05) is 5.02 Å². The number of benzene rings is 1. The molecule has 1 aromatic carbocycles. The molecule has 8 N–H and O–H groups in total. The Labute approximate surface area is 181 Å². The van der Waals surface area contributed by atoms with Crippen molar-refractivity contribution in [3.63, 3.8) is 0 Å². The quantitative estimate of drug-likeness (QED) is 0.193. The molecule has 0 radical (unpaired) electrons. The molecule has 0 amide bonds. The van der Waals surface area contributed by atoms with E-state index in [1.807, 2.05) is 0 Å². The van der Waals surface area contributed by atoms with Crippen molar-refractivity contribution < 1.29 is 59.8 Å². The zero-order valence-electron chi connectivity index (χ0n) is 16.0. The maximum atomic E-state index is 10.7. The molecular formula is C18H25ClO12. The second-order valence-corrected chi connectivity index (χ2v) is 7.68. The minimum absolute atomic E-state index is 0.00770. The van der Waals surface area contributed by atoms with Crippen LogP contribution in [0.3, 0.4) is 0 Å². The molecule has 176 valence electrons. The van der Waals surface area contributed by atoms with Gasteiger partial charge in [0.15, 0.2) is 12.4 Å². The van der Waals surface area contributed by atoms with Crippen molar-refractivity contribution in [3.05, 3.63) is 29.3 Å². The van der Waals surface area contributed by atoms with E-state index < -0.39 is 74.3 Å². The van der Waals surface area contributed by atoms with Crippen LogP contribution in [0.25, 0.3) is 0 Å². The third-order valence-corrected chi connectivity index (χ3v) is 5.37. The van der Waals surface area contributed by atoms with E-state index in [2.05, 4.69) is 0 Å². The van der Waals surface area contributed by atoms with Crippen molar-refractivity contribution in [1.29, 1.82) is 0 Å². The largest absolute Gasteiger partial charge is 0.437 e. The first-order valence-electron chi connectivity index (χ1n) is 9.39. The summed E-state index contributed by atoms with van der Waals surface area (Å²) in [5.41, 5.74) is 0. The Morgan fingerprint density at radius 1 is 0.806 bits per heavy atom. The molecule has 1 aromatic rings. The van der Waals surface area contributed by atoms with E-state index in [9.17, 15) is 40.9 Å². The molecule has 3 rings (SSSR count). The number of aliphatic hydroxyl groups excluding tert-OH is 8. The predicted octanol–water partition coefficient (Wildman–Crippen LogP) is -3.34. The molecule has 2 aliphatic rings. The van der Waals surface area contributed by atoms with Gasteiger partial charge >= 0.3 is 5.97 Å². The van der Waals surface area contributed by atoms with Gasteiger partial charge in [-0.15, -0.1) is 0 Å². The van der Waals surface area contributed by atoms with E-state index in [0.717, 1.165) is 0 Å². The topological polar surface area (TPSA) is 199 Å². The summed E-state index contributed by atoms with van der Waals surface area (Å²) >= 11 is 5.84. The maximum absolute atomic E-state index is 10.7. The third-order valence-electron chi connectivity index (χ3n) is 5.11. The smallest absolute Gasteiger partial charge is 0.360 e. The minimum Gasteiger partial charge on any atom is -0.437 e. The Hall–Kier alpha value is -1.13. The van der Waals surface area contributed by atoms with Gasteiger partial charge in [0.25, 0.3) is 0 Å². The summed E-state index contributed by atoms with van der Waals surface area (Å²) < 4.78 is 21.8. The maximum Gasteiger partial charge on any atom is 0.360 e. The van der Waals surface area contributed by atoms with Crippen LogP contribution in [0.4, 0.5) is 0 Å². The SMILES string of the molecule is OC[C@H]1O[C@@H](O[C@@]2(Oc3ccc(Cl)cc3)O[C@H](CO)[C@@H](O)[C@H](O)[C@H]2O)[C@H](O)[C@@H](O)[C@@H]1O. The lowest BCUT2D eigenvalue weighted by Gasteiger charge is -2.49. The fraction of sp³-hybridized carbons (Fsp3) is 0.667. The van der Waals surface area contributed by atoms with Gasteiger partial charge in [-0.3, -0.25) is 4.74 Å². The minimum atomic E-state index is -2.66. The zero-order valence-corrected chi connectivity index (χ0v) is 16.8. The summed E-state index contributed by atoms with van der Waals surface area (Å²) in [6.45, 7) is -1.56. The molecule has 0 spiro atoms. The van der Waals surface area contributed by atoms with E-state index in [4.69, 9.17) is 30.5 Å². The Bertz CT molecular complexity index is 718. The first-order valence-corrected chi connectivity index (χ1v) is 9.77. The van der Waals surface area contributed by atoms with Crippen molar-refractivity contribution in [1.82, 2.24) is 0 Å². The predicted molar refractivity (Wildman–Crippen MR) is 99.6 cm³/mol. The van der Waals surface area contributed by atoms with Crippen molar-refractivity contribution in [2.75, 3.05) is 13.2 Å². The lowest BCUT2D eigenvalue weighted by Crippen LogP contribution is -2.71. The number of halogens is 1. The highest BCUT2D eigenvalue weighted by Crippen LogP contribution is 2.37. The molecule has 12 nitrogen and oxygen atoms in total. The molecule has 2 fully saturated rings. The summed E-state index contributed by atoms with van der Waals surface area (Å²) in [5.74, 6) is -2.65. The molecular weight excluding hydrogens is 444 g/mol. The fourth-order valence-electron chi connectivity index (χ4n) is 3.31. The van der Waals surface area contributed by atoms with Gasteiger partial charge < -0.3 is 55.1 Å². The highest BCUT2D eigenvalue weighted by molar-refractivity contribution is 6.30. The van der Waals surface area contributed by atoms with E-state index >= 15 is 0 Å². The molecule has 0 aromatic heterocycles. The lowest BCUT2D eigenvalue weighted by atomic mass is 9.97. The summed E-state index contributed by atoms with van der Waals surface area (Å²) in [6, 6.07) is 5.59. The summed E-state index contributed by atoms with van der Waals surface area (Å²) in [4.78, 5) is 0. The second kappa shape index (κ2) is 9.79. The van der Waals surface area contributed by atoms with Crippen LogP contribution in [0.5, 0.6) is 5.75 Å². The number of hydrogen-bond donors (Lipinski definition) is 8. The van der Waals surface area contributed by atoms with Crippen LogP contribution in [0, 0.1) is 0 Å². The average molecular weight is 469 g/mol. The highest BCUT2D eigenvalue weighted by atomic mass is 35.5. The van der Waals surface area contributed by atoms with E-state index in [-0.39, 0.29) is 5.75 Å². The summed E-state index contributed by atoms with van der Waals surface area (Å²) in [5, 5.41) is 80.4. The van der Waals surface area contributed by atoms with Crippen LogP contribution in [0.15, 0.2) is 24.3 Å². The van der Waals surface area contributed by atoms with Gasteiger partial charge in [0.05, 0.1) is 13.2 Å². The fourth-order valence-corrected chi connectivity index (χ4v) is 3.44. The number of ether oxygens (including phenoxy) is 4.